The molecule has 0 saturated carbocycles. The van der Waals surface area contributed by atoms with Crippen molar-refractivity contribution in [1.82, 2.24) is 4.40 Å². The molecule has 0 aliphatic heterocycles. The minimum atomic E-state index is -0.285. The summed E-state index contributed by atoms with van der Waals surface area (Å²) in [4.78, 5) is 5.14. The molecule has 0 fully saturated rings. The average molecular weight is 1090 g/mol. The van der Waals surface area contributed by atoms with Crippen molar-refractivity contribution in [2.75, 3.05) is 9.80 Å². The van der Waals surface area contributed by atoms with Crippen LogP contribution in [0, 0.1) is 0 Å². The average Bonchev–Trinajstić information content (AvgIpc) is 1.58. The second kappa shape index (κ2) is 16.9. The largest absolute Gasteiger partial charge is 0.310 e. The van der Waals surface area contributed by atoms with Crippen molar-refractivity contribution >= 4 is 92.8 Å². The fourth-order valence-corrected chi connectivity index (χ4v) is 16.7. The Bertz CT molecular complexity index is 4890. The lowest BCUT2D eigenvalue weighted by Crippen LogP contribution is -2.16. The van der Waals surface area contributed by atoms with Gasteiger partial charge in [0.1, 0.15) is 0 Å². The van der Waals surface area contributed by atoms with Gasteiger partial charge in [-0.3, -0.25) is 0 Å². The van der Waals surface area contributed by atoms with Gasteiger partial charge >= 0.3 is 0 Å². The number of benzene rings is 10. The van der Waals surface area contributed by atoms with Gasteiger partial charge in [0, 0.05) is 70.9 Å². The number of hydrogen-bond donors (Lipinski definition) is 0. The number of rotatable bonds is 6. The summed E-state index contributed by atoms with van der Waals surface area (Å²) in [7, 11) is 0. The smallest absolute Gasteiger partial charge is 0.0729 e. The molecule has 16 rings (SSSR count). The highest BCUT2D eigenvalue weighted by Crippen LogP contribution is 2.61. The van der Waals surface area contributed by atoms with Crippen LogP contribution in [0.15, 0.2) is 200 Å². The van der Waals surface area contributed by atoms with E-state index in [-0.39, 0.29) is 27.1 Å². The Morgan fingerprint density at radius 2 is 0.916 bits per heavy atom. The maximum atomic E-state index is 2.71. The van der Waals surface area contributed by atoms with Crippen molar-refractivity contribution in [1.29, 1.82) is 0 Å². The lowest BCUT2D eigenvalue weighted by atomic mass is 9.80. The first kappa shape index (κ1) is 50.3. The molecule has 0 spiro atoms. The van der Waals surface area contributed by atoms with Crippen molar-refractivity contribution in [3.05, 3.63) is 245 Å². The number of anilines is 6. The van der Waals surface area contributed by atoms with Crippen molar-refractivity contribution in [3.8, 4) is 33.5 Å². The summed E-state index contributed by atoms with van der Waals surface area (Å²) in [6.45, 7) is 28.3. The molecule has 0 amide bonds. The molecular formula is C79H69N3S. The van der Waals surface area contributed by atoms with Crippen LogP contribution >= 0.6 is 11.3 Å². The molecule has 10 aromatic carbocycles. The summed E-state index contributed by atoms with van der Waals surface area (Å²) in [6.07, 6.45) is 0. The quantitative estimate of drug-likeness (QED) is 0.164. The van der Waals surface area contributed by atoms with E-state index in [2.05, 4.69) is 297 Å². The molecule has 3 aliphatic carbocycles. The second-order valence-corrected chi connectivity index (χ2v) is 28.8. The molecule has 0 saturated heterocycles. The normalized spacial score (nSPS) is 15.3. The number of nitrogens with zero attached hydrogens (tertiary/aromatic N) is 3. The van der Waals surface area contributed by atoms with Gasteiger partial charge in [0.15, 0.2) is 0 Å². The van der Waals surface area contributed by atoms with Crippen molar-refractivity contribution in [2.45, 2.75) is 110 Å². The third-order valence-corrected chi connectivity index (χ3v) is 21.0. The van der Waals surface area contributed by atoms with Gasteiger partial charge in [-0.2, -0.15) is 0 Å². The number of aromatic nitrogens is 1. The highest BCUT2D eigenvalue weighted by Gasteiger charge is 2.44. The highest BCUT2D eigenvalue weighted by atomic mass is 32.1. The Labute approximate surface area is 492 Å². The summed E-state index contributed by atoms with van der Waals surface area (Å²) in [5.74, 6) is 0. The zero-order chi connectivity index (χ0) is 57.0. The van der Waals surface area contributed by atoms with E-state index in [1.165, 1.54) is 142 Å². The minimum Gasteiger partial charge on any atom is -0.310 e. The predicted molar refractivity (Wildman–Crippen MR) is 356 cm³/mol. The van der Waals surface area contributed by atoms with Gasteiger partial charge < -0.3 is 14.2 Å². The molecule has 0 N–H and O–H groups in total. The topological polar surface area (TPSA) is 10.9 Å². The first-order valence-electron chi connectivity index (χ1n) is 29.8. The maximum absolute atomic E-state index is 2.71. The van der Waals surface area contributed by atoms with E-state index < -0.39 is 0 Å². The van der Waals surface area contributed by atoms with E-state index in [4.69, 9.17) is 0 Å². The van der Waals surface area contributed by atoms with E-state index in [0.29, 0.717) is 0 Å². The van der Waals surface area contributed by atoms with Crippen LogP contribution in [0.3, 0.4) is 0 Å². The van der Waals surface area contributed by atoms with Crippen LogP contribution in [0.4, 0.5) is 34.1 Å². The molecule has 0 atom stereocenters. The molecule has 0 unspecified atom stereocenters. The Morgan fingerprint density at radius 1 is 0.386 bits per heavy atom. The molecular weight excluding hydrogens is 1020 g/mol. The molecule has 0 radical (unpaired) electrons. The Hall–Kier alpha value is -8.44. The zero-order valence-electron chi connectivity index (χ0n) is 49.8. The molecule has 4 heteroatoms. The molecule has 3 aromatic heterocycles. The number of fused-ring (bicyclic) bond motifs is 17. The molecule has 3 aliphatic rings. The fourth-order valence-electron chi connectivity index (χ4n) is 15.5. The number of thiophene rings is 1. The van der Waals surface area contributed by atoms with Gasteiger partial charge in [-0.25, -0.2) is 0 Å². The van der Waals surface area contributed by atoms with Gasteiger partial charge in [0.2, 0.25) is 0 Å². The van der Waals surface area contributed by atoms with Crippen molar-refractivity contribution in [3.63, 3.8) is 0 Å². The summed E-state index contributed by atoms with van der Waals surface area (Å²) >= 11 is 1.95. The van der Waals surface area contributed by atoms with Crippen LogP contribution < -0.4 is 9.80 Å². The number of hydrogen-bond acceptors (Lipinski definition) is 3. The Morgan fingerprint density at radius 3 is 1.52 bits per heavy atom. The summed E-state index contributed by atoms with van der Waals surface area (Å²) < 4.78 is 5.35. The van der Waals surface area contributed by atoms with E-state index in [1.807, 2.05) is 11.3 Å². The van der Waals surface area contributed by atoms with Crippen LogP contribution in [0.2, 0.25) is 0 Å². The fraction of sp³-hybridized carbons (Fsp3) is 0.215. The first-order valence-corrected chi connectivity index (χ1v) is 30.7. The summed E-state index contributed by atoms with van der Waals surface area (Å²) in [5.41, 5.74) is 28.0. The van der Waals surface area contributed by atoms with Gasteiger partial charge in [-0.05, 0) is 150 Å². The van der Waals surface area contributed by atoms with Crippen LogP contribution in [0.5, 0.6) is 0 Å². The summed E-state index contributed by atoms with van der Waals surface area (Å²) in [6, 6.07) is 77.2. The van der Waals surface area contributed by atoms with Crippen molar-refractivity contribution in [2.24, 2.45) is 0 Å². The van der Waals surface area contributed by atoms with Crippen LogP contribution in [-0.2, 0) is 27.1 Å². The maximum Gasteiger partial charge on any atom is 0.0729 e. The van der Waals surface area contributed by atoms with E-state index in [1.54, 1.807) is 0 Å². The van der Waals surface area contributed by atoms with Crippen molar-refractivity contribution < 1.29 is 0 Å². The highest BCUT2D eigenvalue weighted by molar-refractivity contribution is 7.26. The summed E-state index contributed by atoms with van der Waals surface area (Å²) in [5, 5.41) is 6.42. The minimum absolute atomic E-state index is 0.0146. The Balaban J connectivity index is 0.949. The van der Waals surface area contributed by atoms with Crippen LogP contribution in [-0.4, -0.2) is 4.40 Å². The molecule has 13 aromatic rings. The van der Waals surface area contributed by atoms with Gasteiger partial charge in [-0.15, -0.1) is 11.3 Å². The lowest BCUT2D eigenvalue weighted by molar-refractivity contribution is 0.590. The standard InChI is InChI=1S/C79H69N3S/c1-75(2,3)48-32-37-50(38-33-48)80(63-28-19-26-60-67(63)53-21-13-16-24-58(53)77(60,7)8)52-36-31-46-45-62-57(44-47(46)43-52)72-70(79(62,11)12)56-41-42-65(69-71(56)82(72)73-55-23-15-18-30-66(55)83-74(69)73)81(51-39-34-49(35-40-51)76(4,5)6)64-29-20-27-61-68(64)54-22-14-17-25-59(54)78(61,9)10/h13-45H,1-12H3. The molecule has 0 bridgehead atoms. The zero-order valence-corrected chi connectivity index (χ0v) is 50.6. The van der Waals surface area contributed by atoms with E-state index >= 15 is 0 Å². The van der Waals surface area contributed by atoms with Crippen LogP contribution in [0.25, 0.3) is 80.9 Å². The van der Waals surface area contributed by atoms with E-state index in [9.17, 15) is 0 Å². The van der Waals surface area contributed by atoms with Gasteiger partial charge in [0.25, 0.3) is 0 Å². The van der Waals surface area contributed by atoms with Crippen LogP contribution in [0.1, 0.15) is 128 Å². The van der Waals surface area contributed by atoms with Gasteiger partial charge in [-0.1, -0.05) is 210 Å². The van der Waals surface area contributed by atoms with E-state index in [0.717, 1.165) is 17.1 Å². The monoisotopic (exact) mass is 1090 g/mol. The van der Waals surface area contributed by atoms with Gasteiger partial charge in [0.05, 0.1) is 38.5 Å². The molecule has 83 heavy (non-hydrogen) atoms. The Kier molecular flexibility index (Phi) is 10.2. The SMILES string of the molecule is CC(C)(C)c1ccc(N(c2ccc3cc4c(cc3c2)-c2c(c3ccc(N(c5ccc(C(C)(C)C)cc5)c5cccc6c5-c5ccccc5C6(C)C)c5c6sc7ccccc7c6n2c35)C4(C)C)c2cccc3c2-c2ccccc2C3(C)C)cc1. The first-order chi connectivity index (χ1) is 39.7. The predicted octanol–water partition coefficient (Wildman–Crippen LogP) is 22.5. The third kappa shape index (κ3) is 6.85. The molecule has 406 valence electrons. The second-order valence-electron chi connectivity index (χ2n) is 27.8. The third-order valence-electron chi connectivity index (χ3n) is 19.8. The molecule has 3 heterocycles. The molecule has 3 nitrogen and oxygen atoms in total. The lowest BCUT2D eigenvalue weighted by Gasteiger charge is -2.30.